The van der Waals surface area contributed by atoms with E-state index >= 15 is 0 Å². The van der Waals surface area contributed by atoms with Crippen LogP contribution in [0.3, 0.4) is 0 Å². The molecule has 0 bridgehead atoms. The van der Waals surface area contributed by atoms with Crippen molar-refractivity contribution in [1.29, 1.82) is 0 Å². The Kier molecular flexibility index (Phi) is 3.22. The Morgan fingerprint density at radius 3 is 2.91 bits per heavy atom. The van der Waals surface area contributed by atoms with Crippen LogP contribution < -0.4 is 0 Å². The van der Waals surface area contributed by atoms with Crippen molar-refractivity contribution in [3.8, 4) is 0 Å². The number of likely N-dealkylation sites (tertiary alicyclic amines) is 1. The lowest BCUT2D eigenvalue weighted by Crippen LogP contribution is -2.29. The lowest BCUT2D eigenvalue weighted by molar-refractivity contribution is 0.0785. The molecule has 1 N–H and O–H groups in total. The van der Waals surface area contributed by atoms with Gasteiger partial charge in [-0.05, 0) is 25.5 Å². The Bertz CT molecular complexity index is 843. The van der Waals surface area contributed by atoms with Gasteiger partial charge < -0.3 is 14.5 Å². The number of carbonyl (C=O) groups is 1. The first-order valence-electron chi connectivity index (χ1n) is 7.98. The van der Waals surface area contributed by atoms with Crippen molar-refractivity contribution in [2.75, 3.05) is 13.1 Å². The molecule has 118 valence electrons. The minimum Gasteiger partial charge on any atom is -0.351 e. The number of nitrogens with one attached hydrogen (secondary N) is 1. The molecular weight excluding hydrogens is 288 g/mol. The Hall–Kier alpha value is -2.56. The molecule has 1 amide bonds. The lowest BCUT2D eigenvalue weighted by atomic mass is 10.1. The van der Waals surface area contributed by atoms with Crippen LogP contribution in [-0.4, -0.2) is 38.4 Å². The Morgan fingerprint density at radius 2 is 2.17 bits per heavy atom. The topological polar surface area (TPSA) is 53.9 Å². The Morgan fingerprint density at radius 1 is 1.35 bits per heavy atom. The maximum atomic E-state index is 12.8. The summed E-state index contributed by atoms with van der Waals surface area (Å²) in [5.41, 5.74) is 2.71. The number of para-hydroxylation sites is 1. The Labute approximate surface area is 134 Å². The van der Waals surface area contributed by atoms with Crippen LogP contribution in [0, 0.1) is 6.92 Å². The fourth-order valence-electron chi connectivity index (χ4n) is 3.53. The number of H-pyrrole nitrogens is 1. The molecule has 1 aromatic carbocycles. The third-order valence-corrected chi connectivity index (χ3v) is 4.63. The van der Waals surface area contributed by atoms with Crippen LogP contribution in [0.4, 0.5) is 0 Å². The number of rotatable bonds is 2. The van der Waals surface area contributed by atoms with Crippen molar-refractivity contribution < 1.29 is 4.79 Å². The molecule has 1 atom stereocenters. The average Bonchev–Trinajstić information content (AvgIpc) is 3.24. The first-order valence-corrected chi connectivity index (χ1v) is 7.98. The number of aryl methyl sites for hydroxylation is 2. The summed E-state index contributed by atoms with van der Waals surface area (Å²) in [6.07, 6.45) is 3.01. The molecule has 3 aromatic rings. The third-order valence-electron chi connectivity index (χ3n) is 4.63. The minimum atomic E-state index is 0.0784. The molecule has 0 aliphatic carbocycles. The van der Waals surface area contributed by atoms with Gasteiger partial charge >= 0.3 is 0 Å². The number of carbonyl (C=O) groups excluding carboxylic acids is 1. The zero-order valence-electron chi connectivity index (χ0n) is 13.4. The second-order valence-electron chi connectivity index (χ2n) is 6.36. The molecule has 0 radical (unpaired) electrons. The maximum absolute atomic E-state index is 12.8. The normalized spacial score (nSPS) is 18.0. The lowest BCUT2D eigenvalue weighted by Gasteiger charge is -2.15. The van der Waals surface area contributed by atoms with Crippen molar-refractivity contribution >= 4 is 16.8 Å². The average molecular weight is 308 g/mol. The van der Waals surface area contributed by atoms with Gasteiger partial charge in [0.15, 0.2) is 0 Å². The number of imidazole rings is 1. The molecule has 4 rings (SSSR count). The summed E-state index contributed by atoms with van der Waals surface area (Å²) >= 11 is 0. The molecule has 5 nitrogen and oxygen atoms in total. The summed E-state index contributed by atoms with van der Waals surface area (Å²) in [7, 11) is 2.03. The summed E-state index contributed by atoms with van der Waals surface area (Å²) < 4.78 is 2.08. The standard InChI is InChI=1S/C18H20N4O/c1-12-10-21(2)17(19-12)14-7-8-22(11-14)18(23)16-9-13-5-3-4-6-15(13)20-16/h3-6,9-10,14,20H,7-8,11H2,1-2H3/t14-/m1/s1. The van der Waals surface area contributed by atoms with Gasteiger partial charge in [0.2, 0.25) is 0 Å². The molecule has 1 fully saturated rings. The molecule has 0 saturated carbocycles. The molecule has 2 aromatic heterocycles. The van der Waals surface area contributed by atoms with Crippen molar-refractivity contribution in [1.82, 2.24) is 19.4 Å². The van der Waals surface area contributed by atoms with Crippen molar-refractivity contribution in [2.45, 2.75) is 19.3 Å². The van der Waals surface area contributed by atoms with Gasteiger partial charge in [0, 0.05) is 43.2 Å². The molecule has 1 aliphatic rings. The van der Waals surface area contributed by atoms with Crippen molar-refractivity contribution in [3.05, 3.63) is 53.7 Å². The number of hydrogen-bond donors (Lipinski definition) is 1. The highest BCUT2D eigenvalue weighted by molar-refractivity contribution is 5.98. The van der Waals surface area contributed by atoms with Gasteiger partial charge in [-0.25, -0.2) is 4.98 Å². The van der Waals surface area contributed by atoms with E-state index in [9.17, 15) is 4.79 Å². The molecule has 1 saturated heterocycles. The van der Waals surface area contributed by atoms with Crippen LogP contribution in [0.15, 0.2) is 36.5 Å². The second kappa shape index (κ2) is 5.26. The summed E-state index contributed by atoms with van der Waals surface area (Å²) in [6, 6.07) is 9.92. The number of hydrogen-bond acceptors (Lipinski definition) is 2. The molecule has 1 aliphatic heterocycles. The number of nitrogens with zero attached hydrogens (tertiary/aromatic N) is 3. The van der Waals surface area contributed by atoms with Gasteiger partial charge in [-0.3, -0.25) is 4.79 Å². The first-order chi connectivity index (χ1) is 11.1. The van der Waals surface area contributed by atoms with Crippen LogP contribution in [0.25, 0.3) is 10.9 Å². The number of aromatic amines is 1. The van der Waals surface area contributed by atoms with Crippen LogP contribution >= 0.6 is 0 Å². The van der Waals surface area contributed by atoms with Gasteiger partial charge in [-0.1, -0.05) is 18.2 Å². The maximum Gasteiger partial charge on any atom is 0.270 e. The largest absolute Gasteiger partial charge is 0.351 e. The summed E-state index contributed by atoms with van der Waals surface area (Å²) in [6.45, 7) is 3.52. The SMILES string of the molecule is Cc1cn(C)c([C@@H]2CCN(C(=O)c3cc4ccccc4[nH]3)C2)n1. The van der Waals surface area contributed by atoms with Crippen LogP contribution in [0.1, 0.15) is 34.3 Å². The number of benzene rings is 1. The monoisotopic (exact) mass is 308 g/mol. The predicted molar refractivity (Wildman–Crippen MR) is 89.5 cm³/mol. The highest BCUT2D eigenvalue weighted by atomic mass is 16.2. The fraction of sp³-hybridized carbons (Fsp3) is 0.333. The van der Waals surface area contributed by atoms with E-state index in [1.807, 2.05) is 55.4 Å². The molecular formula is C18H20N4O. The number of fused-ring (bicyclic) bond motifs is 1. The minimum absolute atomic E-state index is 0.0784. The van der Waals surface area contributed by atoms with Gasteiger partial charge in [-0.15, -0.1) is 0 Å². The molecule has 3 heterocycles. The number of amides is 1. The van der Waals surface area contributed by atoms with Crippen LogP contribution in [0.5, 0.6) is 0 Å². The van der Waals surface area contributed by atoms with Crippen LogP contribution in [-0.2, 0) is 7.05 Å². The summed E-state index contributed by atoms with van der Waals surface area (Å²) in [5, 5.41) is 1.08. The van der Waals surface area contributed by atoms with E-state index < -0.39 is 0 Å². The molecule has 5 heteroatoms. The first kappa shape index (κ1) is 14.1. The van der Waals surface area contributed by atoms with E-state index in [0.29, 0.717) is 11.6 Å². The zero-order valence-corrected chi connectivity index (χ0v) is 13.4. The highest BCUT2D eigenvalue weighted by Crippen LogP contribution is 2.28. The Balaban J connectivity index is 1.55. The smallest absolute Gasteiger partial charge is 0.270 e. The third kappa shape index (κ3) is 2.42. The second-order valence-corrected chi connectivity index (χ2v) is 6.36. The zero-order chi connectivity index (χ0) is 16.0. The molecule has 0 unspecified atom stereocenters. The summed E-state index contributed by atoms with van der Waals surface area (Å²) in [5.74, 6) is 1.48. The van der Waals surface area contributed by atoms with Crippen LogP contribution in [0.2, 0.25) is 0 Å². The van der Waals surface area contributed by atoms with Gasteiger partial charge in [-0.2, -0.15) is 0 Å². The predicted octanol–water partition coefficient (Wildman–Crippen LogP) is 2.84. The van der Waals surface area contributed by atoms with E-state index in [-0.39, 0.29) is 5.91 Å². The van der Waals surface area contributed by atoms with Gasteiger partial charge in [0.1, 0.15) is 11.5 Å². The highest BCUT2D eigenvalue weighted by Gasteiger charge is 2.30. The molecule has 0 spiro atoms. The quantitative estimate of drug-likeness (QED) is 0.791. The number of aromatic nitrogens is 3. The van der Waals surface area contributed by atoms with Gasteiger partial charge in [0.05, 0.1) is 5.69 Å². The van der Waals surface area contributed by atoms with E-state index in [1.54, 1.807) is 0 Å². The summed E-state index contributed by atoms with van der Waals surface area (Å²) in [4.78, 5) is 22.5. The molecule has 23 heavy (non-hydrogen) atoms. The van der Waals surface area contributed by atoms with E-state index in [4.69, 9.17) is 0 Å². The van der Waals surface area contributed by atoms with Crippen molar-refractivity contribution in [2.24, 2.45) is 7.05 Å². The van der Waals surface area contributed by atoms with Crippen molar-refractivity contribution in [3.63, 3.8) is 0 Å². The fourth-order valence-corrected chi connectivity index (χ4v) is 3.53. The van der Waals surface area contributed by atoms with E-state index in [1.165, 1.54) is 0 Å². The van der Waals surface area contributed by atoms with E-state index in [0.717, 1.165) is 41.9 Å². The van der Waals surface area contributed by atoms with Gasteiger partial charge in [0.25, 0.3) is 5.91 Å². The van der Waals surface area contributed by atoms with E-state index in [2.05, 4.69) is 14.5 Å².